The second-order valence-electron chi connectivity index (χ2n) is 6.68. The van der Waals surface area contributed by atoms with Gasteiger partial charge < -0.3 is 9.09 Å². The summed E-state index contributed by atoms with van der Waals surface area (Å²) in [6.07, 6.45) is 0. The highest BCUT2D eigenvalue weighted by molar-refractivity contribution is 7.98. The van der Waals surface area contributed by atoms with E-state index in [1.807, 2.05) is 46.3 Å². The summed E-state index contributed by atoms with van der Waals surface area (Å²) in [4.78, 5) is 4.45. The zero-order valence-electron chi connectivity index (χ0n) is 15.6. The molecular formula is C19H13ClN8OS. The molecule has 0 aliphatic rings. The third kappa shape index (κ3) is 2.61. The molecule has 0 aliphatic heterocycles. The highest BCUT2D eigenvalue weighted by Gasteiger charge is 2.19. The van der Waals surface area contributed by atoms with Crippen molar-refractivity contribution in [1.29, 1.82) is 0 Å². The summed E-state index contributed by atoms with van der Waals surface area (Å²) in [5.41, 5.74) is 2.96. The van der Waals surface area contributed by atoms with Crippen LogP contribution in [0.3, 0.4) is 0 Å². The van der Waals surface area contributed by atoms with Crippen LogP contribution < -0.4 is 0 Å². The van der Waals surface area contributed by atoms with Gasteiger partial charge in [-0.2, -0.15) is 9.50 Å². The summed E-state index contributed by atoms with van der Waals surface area (Å²) in [6.45, 7) is 0. The third-order valence-corrected chi connectivity index (χ3v) is 6.02. The fraction of sp³-hybridized carbons (Fsp3) is 0.105. The van der Waals surface area contributed by atoms with Crippen LogP contribution in [0.5, 0.6) is 0 Å². The largest absolute Gasteiger partial charge is 0.338 e. The van der Waals surface area contributed by atoms with Crippen LogP contribution in [0, 0.1) is 0 Å². The molecule has 9 nitrogen and oxygen atoms in total. The summed E-state index contributed by atoms with van der Waals surface area (Å²) in [7, 11) is 1.99. The Hall–Kier alpha value is -3.37. The lowest BCUT2D eigenvalue weighted by Crippen LogP contribution is -1.93. The van der Waals surface area contributed by atoms with Gasteiger partial charge in [-0.3, -0.25) is 0 Å². The molecule has 0 bridgehead atoms. The van der Waals surface area contributed by atoms with Gasteiger partial charge in [0.05, 0.1) is 16.8 Å². The molecule has 4 heterocycles. The van der Waals surface area contributed by atoms with E-state index in [2.05, 4.69) is 26.4 Å². The molecule has 0 aliphatic carbocycles. The maximum atomic E-state index is 5.93. The molecule has 0 fully saturated rings. The molecule has 0 saturated heterocycles. The summed E-state index contributed by atoms with van der Waals surface area (Å²) < 4.78 is 11.2. The van der Waals surface area contributed by atoms with Gasteiger partial charge in [-0.25, -0.2) is 4.40 Å². The summed E-state index contributed by atoms with van der Waals surface area (Å²) in [6, 6.07) is 15.4. The van der Waals surface area contributed by atoms with E-state index >= 15 is 0 Å². The Bertz CT molecular complexity index is 1530. The van der Waals surface area contributed by atoms with E-state index in [4.69, 9.17) is 21.2 Å². The molecule has 2 aromatic carbocycles. The predicted molar refractivity (Wildman–Crippen MR) is 113 cm³/mol. The van der Waals surface area contributed by atoms with Crippen molar-refractivity contribution in [2.24, 2.45) is 7.05 Å². The molecule has 11 heteroatoms. The fourth-order valence-electron chi connectivity index (χ4n) is 3.43. The normalized spacial score (nSPS) is 11.9. The number of aromatic nitrogens is 8. The van der Waals surface area contributed by atoms with E-state index in [0.717, 1.165) is 22.4 Å². The van der Waals surface area contributed by atoms with Gasteiger partial charge in [0, 0.05) is 17.6 Å². The number of thioether (sulfide) groups is 1. The van der Waals surface area contributed by atoms with Crippen LogP contribution in [-0.4, -0.2) is 38.9 Å². The van der Waals surface area contributed by atoms with E-state index in [-0.39, 0.29) is 0 Å². The molecule has 0 radical (unpaired) electrons. The minimum absolute atomic E-state index is 0.454. The number of imidazole rings is 1. The molecule has 6 rings (SSSR count). The maximum absolute atomic E-state index is 5.93. The lowest BCUT2D eigenvalue weighted by Gasteiger charge is -1.95. The number of rotatable bonds is 4. The molecule has 4 aromatic heterocycles. The van der Waals surface area contributed by atoms with Crippen molar-refractivity contribution in [1.82, 2.24) is 38.9 Å². The number of halogens is 1. The summed E-state index contributed by atoms with van der Waals surface area (Å²) in [5.74, 6) is 2.93. The van der Waals surface area contributed by atoms with Crippen LogP contribution in [0.4, 0.5) is 0 Å². The number of para-hydroxylation sites is 2. The second kappa shape index (κ2) is 6.57. The third-order valence-electron chi connectivity index (χ3n) is 4.86. The Morgan fingerprint density at radius 2 is 1.80 bits per heavy atom. The fourth-order valence-corrected chi connectivity index (χ4v) is 4.27. The van der Waals surface area contributed by atoms with Crippen molar-refractivity contribution in [2.75, 3.05) is 0 Å². The molecule has 6 aromatic rings. The first kappa shape index (κ1) is 17.5. The lowest BCUT2D eigenvalue weighted by molar-refractivity contribution is 0.391. The van der Waals surface area contributed by atoms with Crippen LogP contribution >= 0.6 is 23.4 Å². The highest BCUT2D eigenvalue weighted by Crippen LogP contribution is 2.26. The van der Waals surface area contributed by atoms with E-state index in [0.29, 0.717) is 33.4 Å². The standard InChI is InChI=1S/C19H13ClN8OS/c1-26-13-4-2-3-5-14(13)27-17-22-23-19(28(17)24-18(26)27)30-10-15-21-16(25-29-15)11-6-8-12(20)9-7-11/h2-9H,10H2,1H3. The molecule has 0 amide bonds. The first-order valence-corrected chi connectivity index (χ1v) is 10.4. The van der Waals surface area contributed by atoms with Crippen LogP contribution in [0.25, 0.3) is 34.0 Å². The molecule has 0 spiro atoms. The van der Waals surface area contributed by atoms with Gasteiger partial charge in [0.2, 0.25) is 22.6 Å². The van der Waals surface area contributed by atoms with Gasteiger partial charge in [0.25, 0.3) is 5.78 Å². The Kier molecular flexibility index (Phi) is 3.83. The van der Waals surface area contributed by atoms with Gasteiger partial charge >= 0.3 is 0 Å². The first-order chi connectivity index (χ1) is 14.7. The smallest absolute Gasteiger partial charge is 0.260 e. The Morgan fingerprint density at radius 3 is 2.63 bits per heavy atom. The average Bonchev–Trinajstić information content (AvgIpc) is 3.51. The summed E-state index contributed by atoms with van der Waals surface area (Å²) in [5, 5.41) is 18.7. The van der Waals surface area contributed by atoms with Crippen LogP contribution in [0.2, 0.25) is 5.02 Å². The first-order valence-electron chi connectivity index (χ1n) is 9.07. The molecular weight excluding hydrogens is 424 g/mol. The zero-order valence-corrected chi connectivity index (χ0v) is 17.2. The minimum Gasteiger partial charge on any atom is -0.338 e. The Labute approximate surface area is 178 Å². The molecule has 0 atom stereocenters. The maximum Gasteiger partial charge on any atom is 0.260 e. The van der Waals surface area contributed by atoms with Crippen LogP contribution in [0.1, 0.15) is 5.89 Å². The van der Waals surface area contributed by atoms with E-state index in [1.165, 1.54) is 11.8 Å². The molecule has 30 heavy (non-hydrogen) atoms. The summed E-state index contributed by atoms with van der Waals surface area (Å²) >= 11 is 7.37. The van der Waals surface area contributed by atoms with Gasteiger partial charge in [0.1, 0.15) is 0 Å². The zero-order chi connectivity index (χ0) is 20.2. The number of benzene rings is 2. The molecule has 0 N–H and O–H groups in total. The number of fused-ring (bicyclic) bond motifs is 5. The van der Waals surface area contributed by atoms with Crippen molar-refractivity contribution in [3.05, 3.63) is 59.4 Å². The second-order valence-corrected chi connectivity index (χ2v) is 8.06. The van der Waals surface area contributed by atoms with Crippen molar-refractivity contribution in [3.8, 4) is 11.4 Å². The number of nitrogens with zero attached hydrogens (tertiary/aromatic N) is 8. The van der Waals surface area contributed by atoms with Gasteiger partial charge in [0.15, 0.2) is 0 Å². The van der Waals surface area contributed by atoms with Crippen LogP contribution in [-0.2, 0) is 12.8 Å². The Morgan fingerprint density at radius 1 is 1.00 bits per heavy atom. The number of hydrogen-bond acceptors (Lipinski definition) is 7. The van der Waals surface area contributed by atoms with E-state index in [9.17, 15) is 0 Å². The van der Waals surface area contributed by atoms with Crippen molar-refractivity contribution in [2.45, 2.75) is 10.9 Å². The topological polar surface area (TPSA) is 91.3 Å². The van der Waals surface area contributed by atoms with Crippen molar-refractivity contribution in [3.63, 3.8) is 0 Å². The van der Waals surface area contributed by atoms with E-state index in [1.54, 1.807) is 16.6 Å². The number of aryl methyl sites for hydroxylation is 1. The molecule has 0 saturated carbocycles. The average molecular weight is 437 g/mol. The van der Waals surface area contributed by atoms with Crippen molar-refractivity contribution >= 4 is 46.0 Å². The lowest BCUT2D eigenvalue weighted by atomic mass is 10.2. The molecule has 148 valence electrons. The minimum atomic E-state index is 0.454. The SMILES string of the molecule is Cn1c2ccccc2n2c1nn1c(SCc3nc(-c4ccc(Cl)cc4)no3)nnc12. The monoisotopic (exact) mass is 436 g/mol. The quantitative estimate of drug-likeness (QED) is 0.387. The van der Waals surface area contributed by atoms with Crippen molar-refractivity contribution < 1.29 is 4.52 Å². The van der Waals surface area contributed by atoms with E-state index < -0.39 is 0 Å². The van der Waals surface area contributed by atoms with Crippen LogP contribution in [0.15, 0.2) is 58.2 Å². The van der Waals surface area contributed by atoms with Gasteiger partial charge in [-0.05, 0) is 36.4 Å². The van der Waals surface area contributed by atoms with Gasteiger partial charge in [-0.15, -0.1) is 15.3 Å². The van der Waals surface area contributed by atoms with Gasteiger partial charge in [-0.1, -0.05) is 40.7 Å². The molecule has 0 unspecified atom stereocenters. The predicted octanol–water partition coefficient (Wildman–Crippen LogP) is 3.86. The number of hydrogen-bond donors (Lipinski definition) is 0. The highest BCUT2D eigenvalue weighted by atomic mass is 35.5. The Balaban J connectivity index is 1.31.